The Morgan fingerprint density at radius 2 is 1.84 bits per heavy atom. The number of aliphatic hydroxyl groups is 2. The minimum Gasteiger partial charge on any atom is -0.458 e. The van der Waals surface area contributed by atoms with Crippen LogP contribution in [0.5, 0.6) is 5.75 Å². The molecule has 43 heavy (non-hydrogen) atoms. The number of aliphatic hydroxyl groups excluding tert-OH is 1. The van der Waals surface area contributed by atoms with Gasteiger partial charge in [0.05, 0.1) is 29.0 Å². The van der Waals surface area contributed by atoms with Crippen molar-refractivity contribution in [1.29, 1.82) is 0 Å². The maximum absolute atomic E-state index is 13.6. The van der Waals surface area contributed by atoms with Crippen LogP contribution in [0, 0.1) is 0 Å². The number of hydrogen-bond acceptors (Lipinski definition) is 9. The number of ether oxygens (including phenoxy) is 2. The third-order valence-corrected chi connectivity index (χ3v) is 10.1. The number of likely N-dealkylation sites (tertiary alicyclic amines) is 2. The summed E-state index contributed by atoms with van der Waals surface area (Å²) in [6.45, 7) is 7.94. The second-order valence-corrected chi connectivity index (χ2v) is 12.4. The molecule has 1 aromatic carbocycles. The first-order valence-electron chi connectivity index (χ1n) is 15.8. The van der Waals surface area contributed by atoms with Crippen molar-refractivity contribution < 1.29 is 24.5 Å². The van der Waals surface area contributed by atoms with Crippen LogP contribution in [0.2, 0.25) is 0 Å². The Hall–Kier alpha value is -3.31. The van der Waals surface area contributed by atoms with Gasteiger partial charge in [-0.05, 0) is 81.4 Å². The van der Waals surface area contributed by atoms with Crippen LogP contribution in [0.4, 0.5) is 0 Å². The summed E-state index contributed by atoms with van der Waals surface area (Å²) in [5, 5.41) is 23.1. The van der Waals surface area contributed by atoms with Crippen LogP contribution in [0.15, 0.2) is 29.1 Å². The zero-order valence-electron chi connectivity index (χ0n) is 25.0. The van der Waals surface area contributed by atoms with E-state index in [1.807, 2.05) is 23.1 Å². The van der Waals surface area contributed by atoms with Crippen molar-refractivity contribution in [2.45, 2.75) is 90.0 Å². The fourth-order valence-electron chi connectivity index (χ4n) is 7.57. The lowest BCUT2D eigenvalue weighted by molar-refractivity contribution is -0.172. The number of cyclic esters (lactones) is 1. The van der Waals surface area contributed by atoms with Crippen molar-refractivity contribution in [3.05, 3.63) is 56.9 Å². The van der Waals surface area contributed by atoms with Crippen molar-refractivity contribution in [2.24, 2.45) is 0 Å². The summed E-state index contributed by atoms with van der Waals surface area (Å²) in [7, 11) is 0. The molecule has 0 radical (unpaired) electrons. The molecule has 4 aliphatic heterocycles. The number of fused-ring (bicyclic) bond motifs is 5. The van der Waals surface area contributed by atoms with E-state index in [4.69, 9.17) is 14.5 Å². The minimum absolute atomic E-state index is 0.102. The van der Waals surface area contributed by atoms with Crippen LogP contribution in [0.3, 0.4) is 0 Å². The number of carbonyl (C=O) groups is 1. The monoisotopic (exact) mass is 588 g/mol. The predicted octanol–water partition coefficient (Wildman–Crippen LogP) is 3.25. The highest BCUT2D eigenvalue weighted by Crippen LogP contribution is 2.41. The van der Waals surface area contributed by atoms with Crippen molar-refractivity contribution in [3.8, 4) is 17.1 Å². The minimum atomic E-state index is -1.86. The van der Waals surface area contributed by atoms with Gasteiger partial charge in [0, 0.05) is 35.6 Å². The molecule has 2 fully saturated rings. The second-order valence-electron chi connectivity index (χ2n) is 12.4. The highest BCUT2D eigenvalue weighted by atomic mass is 16.6. The van der Waals surface area contributed by atoms with Crippen LogP contribution < -0.4 is 10.3 Å². The van der Waals surface area contributed by atoms with Crippen molar-refractivity contribution in [3.63, 3.8) is 0 Å². The normalized spacial score (nSPS) is 23.5. The molecule has 0 amide bonds. The van der Waals surface area contributed by atoms with Gasteiger partial charge in [-0.25, -0.2) is 14.7 Å². The van der Waals surface area contributed by atoms with Crippen LogP contribution in [0.25, 0.3) is 22.3 Å². The van der Waals surface area contributed by atoms with Gasteiger partial charge in [0.15, 0.2) is 5.60 Å². The number of nitrogens with zero attached hydrogens (tertiary/aromatic N) is 4. The first-order chi connectivity index (χ1) is 20.8. The zero-order chi connectivity index (χ0) is 29.9. The Bertz CT molecular complexity index is 1640. The molecular formula is C33H40N4O6. The van der Waals surface area contributed by atoms with E-state index in [1.165, 1.54) is 32.4 Å². The molecule has 0 spiro atoms. The van der Waals surface area contributed by atoms with Gasteiger partial charge in [-0.2, -0.15) is 0 Å². The molecule has 3 aromatic rings. The highest BCUT2D eigenvalue weighted by Gasteiger charge is 2.45. The summed E-state index contributed by atoms with van der Waals surface area (Å²) in [5.74, 6) is -0.159. The van der Waals surface area contributed by atoms with Gasteiger partial charge in [0.1, 0.15) is 12.4 Å². The molecule has 7 rings (SSSR count). The summed E-state index contributed by atoms with van der Waals surface area (Å²) in [4.78, 5) is 35.7. The summed E-state index contributed by atoms with van der Waals surface area (Å²) < 4.78 is 12.9. The predicted molar refractivity (Wildman–Crippen MR) is 161 cm³/mol. The summed E-state index contributed by atoms with van der Waals surface area (Å²) >= 11 is 0. The van der Waals surface area contributed by atoms with Gasteiger partial charge in [-0.3, -0.25) is 4.79 Å². The number of piperidine rings is 2. The fraction of sp³-hybridized carbons (Fsp3) is 0.545. The molecule has 6 heterocycles. The lowest BCUT2D eigenvalue weighted by atomic mass is 9.86. The summed E-state index contributed by atoms with van der Waals surface area (Å²) in [6.07, 6.45) is 5.76. The van der Waals surface area contributed by atoms with E-state index in [0.717, 1.165) is 48.0 Å². The summed E-state index contributed by atoms with van der Waals surface area (Å²) in [5.41, 5.74) is 2.54. The number of benzene rings is 1. The standard InChI is InChI=1S/C33H40N4O6/c1-3-22-23-16-21(43-32(40)36-14-10-20(11-15-36)35-12-6-5-7-13-35)8-9-27(23)34-29-24(22)18-37-28(29)17-26-25(30(37)38)19-42-31(39)33(26,41)4-2/h8-9,16-17,20,32,40-41H,3-7,10-15,18-19H2,1-2H3. The van der Waals surface area contributed by atoms with Gasteiger partial charge < -0.3 is 29.2 Å². The Kier molecular flexibility index (Phi) is 7.28. The SMILES string of the molecule is CCc1c2c(nc3ccc(OC(O)N4CCC(N5CCCCC5)CC4)cc13)-c1cc3c(c(=O)n1C2)COC(=O)C3(O)CC. The largest absolute Gasteiger partial charge is 0.458 e. The van der Waals surface area contributed by atoms with Crippen LogP contribution in [-0.2, 0) is 34.7 Å². The molecule has 2 saturated heterocycles. The molecule has 0 saturated carbocycles. The highest BCUT2D eigenvalue weighted by molar-refractivity contribution is 5.90. The lowest BCUT2D eigenvalue weighted by Crippen LogP contribution is -2.50. The Morgan fingerprint density at radius 1 is 1.07 bits per heavy atom. The van der Waals surface area contributed by atoms with Gasteiger partial charge in [-0.1, -0.05) is 20.3 Å². The van der Waals surface area contributed by atoms with Crippen LogP contribution in [0.1, 0.15) is 74.6 Å². The topological polar surface area (TPSA) is 117 Å². The van der Waals surface area contributed by atoms with E-state index in [1.54, 1.807) is 17.6 Å². The molecule has 2 unspecified atom stereocenters. The van der Waals surface area contributed by atoms with Gasteiger partial charge in [0.25, 0.3) is 12.0 Å². The molecule has 10 nitrogen and oxygen atoms in total. The first-order valence-corrected chi connectivity index (χ1v) is 15.8. The van der Waals surface area contributed by atoms with E-state index in [0.29, 0.717) is 47.3 Å². The number of pyridine rings is 2. The molecule has 4 aliphatic rings. The average molecular weight is 589 g/mol. The van der Waals surface area contributed by atoms with Crippen LogP contribution >= 0.6 is 0 Å². The lowest BCUT2D eigenvalue weighted by Gasteiger charge is -2.41. The molecule has 228 valence electrons. The van der Waals surface area contributed by atoms with E-state index in [9.17, 15) is 19.8 Å². The number of aryl methyl sites for hydroxylation is 1. The van der Waals surface area contributed by atoms with Gasteiger partial charge >= 0.3 is 5.97 Å². The van der Waals surface area contributed by atoms with Gasteiger partial charge in [0.2, 0.25) is 0 Å². The maximum Gasteiger partial charge on any atom is 0.343 e. The number of hydrogen-bond donors (Lipinski definition) is 2. The smallest absolute Gasteiger partial charge is 0.343 e. The number of aromatic nitrogens is 2. The van der Waals surface area contributed by atoms with Crippen LogP contribution in [-0.4, -0.2) is 74.2 Å². The molecule has 0 bridgehead atoms. The Morgan fingerprint density at radius 3 is 2.56 bits per heavy atom. The quantitative estimate of drug-likeness (QED) is 0.259. The van der Waals surface area contributed by atoms with E-state index < -0.39 is 18.0 Å². The molecule has 10 heteroatoms. The van der Waals surface area contributed by atoms with Crippen molar-refractivity contribution in [2.75, 3.05) is 26.2 Å². The zero-order valence-corrected chi connectivity index (χ0v) is 25.0. The number of carbonyl (C=O) groups excluding carboxylic acids is 1. The third kappa shape index (κ3) is 4.66. The Balaban J connectivity index is 1.16. The van der Waals surface area contributed by atoms with E-state index >= 15 is 0 Å². The molecule has 2 atom stereocenters. The van der Waals surface area contributed by atoms with Crippen molar-refractivity contribution >= 4 is 16.9 Å². The molecule has 0 aliphatic carbocycles. The number of esters is 1. The van der Waals surface area contributed by atoms with E-state index in [2.05, 4.69) is 11.8 Å². The van der Waals surface area contributed by atoms with Crippen molar-refractivity contribution in [1.82, 2.24) is 19.4 Å². The first kappa shape index (κ1) is 28.5. The van der Waals surface area contributed by atoms with E-state index in [-0.39, 0.29) is 18.6 Å². The maximum atomic E-state index is 13.6. The molecular weight excluding hydrogens is 548 g/mol. The Labute approximate surface area is 250 Å². The van der Waals surface area contributed by atoms with Gasteiger partial charge in [-0.15, -0.1) is 0 Å². The fourth-order valence-corrected chi connectivity index (χ4v) is 7.57. The average Bonchev–Trinajstić information content (AvgIpc) is 3.41. The molecule has 2 aromatic heterocycles. The number of rotatable bonds is 6. The third-order valence-electron chi connectivity index (χ3n) is 10.1. The summed E-state index contributed by atoms with van der Waals surface area (Å²) in [6, 6.07) is 7.98. The molecule has 2 N–H and O–H groups in total. The second kappa shape index (κ2) is 11.0.